The lowest BCUT2D eigenvalue weighted by atomic mass is 10.0. The maximum absolute atomic E-state index is 13.6. The predicted molar refractivity (Wildman–Crippen MR) is 96.8 cm³/mol. The van der Waals surface area contributed by atoms with Crippen LogP contribution >= 0.6 is 0 Å². The van der Waals surface area contributed by atoms with Crippen LogP contribution in [0.25, 0.3) is 0 Å². The van der Waals surface area contributed by atoms with Gasteiger partial charge < -0.3 is 9.84 Å². The molecule has 0 aliphatic carbocycles. The summed E-state index contributed by atoms with van der Waals surface area (Å²) in [6.07, 6.45) is -6.21. The van der Waals surface area contributed by atoms with Crippen molar-refractivity contribution in [1.29, 1.82) is 0 Å². The van der Waals surface area contributed by atoms with E-state index in [9.17, 15) is 23.1 Å². The number of alkyl halides is 3. The third-order valence-corrected chi connectivity index (χ3v) is 4.37. The molecule has 2 aromatic rings. The first-order valence-electron chi connectivity index (χ1n) is 8.71. The van der Waals surface area contributed by atoms with Gasteiger partial charge in [0.1, 0.15) is 5.75 Å². The minimum absolute atomic E-state index is 0.0238. The highest BCUT2D eigenvalue weighted by Crippen LogP contribution is 2.41. The van der Waals surface area contributed by atoms with Crippen molar-refractivity contribution in [3.8, 4) is 5.75 Å². The average molecular weight is 392 g/mol. The zero-order chi connectivity index (χ0) is 20.4. The highest BCUT2D eigenvalue weighted by molar-refractivity contribution is 6.03. The summed E-state index contributed by atoms with van der Waals surface area (Å²) in [7, 11) is 0. The topological polar surface area (TPSA) is 62.1 Å². The Kier molecular flexibility index (Phi) is 5.42. The zero-order valence-corrected chi connectivity index (χ0v) is 15.1. The molecule has 1 amide bonds. The molecule has 0 fully saturated rings. The molecule has 1 atom stereocenters. The van der Waals surface area contributed by atoms with E-state index in [2.05, 4.69) is 5.10 Å². The summed E-state index contributed by atoms with van der Waals surface area (Å²) in [4.78, 5) is 12.5. The molecule has 148 valence electrons. The number of ether oxygens (including phenoxy) is 1. The summed E-state index contributed by atoms with van der Waals surface area (Å²) in [5, 5.41) is 14.3. The van der Waals surface area contributed by atoms with Crippen LogP contribution < -0.4 is 4.74 Å². The Labute approximate surface area is 160 Å². The van der Waals surface area contributed by atoms with Gasteiger partial charge in [-0.2, -0.15) is 23.3 Å². The molecule has 1 N–H and O–H groups in total. The number of rotatable bonds is 5. The van der Waals surface area contributed by atoms with Crippen LogP contribution in [0.2, 0.25) is 0 Å². The van der Waals surface area contributed by atoms with Crippen LogP contribution in [-0.2, 0) is 11.2 Å². The van der Waals surface area contributed by atoms with Gasteiger partial charge >= 0.3 is 6.18 Å². The molecule has 3 rings (SSSR count). The molecule has 1 aliphatic heterocycles. The molecule has 0 saturated heterocycles. The molecule has 0 unspecified atom stereocenters. The first kappa shape index (κ1) is 19.9. The lowest BCUT2D eigenvalue weighted by Gasteiger charge is -2.32. The number of hydrogen-bond acceptors (Lipinski definition) is 4. The standard InChI is InChI=1S/C20H19F3N2O3/c1-2-28-16-10-8-15(9-11-16)17-13-19(27,20(21,22)23)25(24-17)18(26)12-14-6-4-3-5-7-14/h3-11,27H,2,12-13H2,1H3/t19-/m0/s1. The minimum atomic E-state index is -5.06. The van der Waals surface area contributed by atoms with Crippen molar-refractivity contribution in [1.82, 2.24) is 5.01 Å². The first-order chi connectivity index (χ1) is 13.2. The molecule has 1 aliphatic rings. The van der Waals surface area contributed by atoms with Crippen LogP contribution in [0.1, 0.15) is 24.5 Å². The second kappa shape index (κ2) is 7.63. The van der Waals surface area contributed by atoms with Crippen molar-refractivity contribution in [2.24, 2.45) is 5.10 Å². The van der Waals surface area contributed by atoms with Gasteiger partial charge in [-0.05, 0) is 42.3 Å². The predicted octanol–water partition coefficient (Wildman–Crippen LogP) is 3.52. The fraction of sp³-hybridized carbons (Fsp3) is 0.300. The van der Waals surface area contributed by atoms with E-state index in [1.807, 2.05) is 6.92 Å². The van der Waals surface area contributed by atoms with E-state index in [4.69, 9.17) is 4.74 Å². The van der Waals surface area contributed by atoms with Gasteiger partial charge in [-0.25, -0.2) is 0 Å². The van der Waals surface area contributed by atoms with E-state index < -0.39 is 24.2 Å². The molecule has 0 spiro atoms. The SMILES string of the molecule is CCOc1ccc(C2=NN(C(=O)Cc3ccccc3)[C@@](O)(C(F)(F)F)C2)cc1. The maximum Gasteiger partial charge on any atom is 0.438 e. The quantitative estimate of drug-likeness (QED) is 0.847. The van der Waals surface area contributed by atoms with Crippen molar-refractivity contribution in [2.75, 3.05) is 6.61 Å². The third kappa shape index (κ3) is 3.87. The Morgan fingerprint density at radius 3 is 2.39 bits per heavy atom. The van der Waals surface area contributed by atoms with Crippen LogP contribution in [0.15, 0.2) is 59.7 Å². The van der Waals surface area contributed by atoms with Gasteiger partial charge in [-0.15, -0.1) is 0 Å². The number of carbonyl (C=O) groups is 1. The maximum atomic E-state index is 13.6. The minimum Gasteiger partial charge on any atom is -0.494 e. The number of hydrogen-bond donors (Lipinski definition) is 1. The Balaban J connectivity index is 1.90. The summed E-state index contributed by atoms with van der Waals surface area (Å²) < 4.78 is 46.1. The Bertz CT molecular complexity index is 867. The van der Waals surface area contributed by atoms with E-state index in [1.165, 1.54) is 0 Å². The lowest BCUT2D eigenvalue weighted by molar-refractivity contribution is -0.302. The molecular weight excluding hydrogens is 373 g/mol. The van der Waals surface area contributed by atoms with E-state index in [0.29, 0.717) is 23.5 Å². The molecule has 0 saturated carbocycles. The monoisotopic (exact) mass is 392 g/mol. The molecular formula is C20H19F3N2O3. The largest absolute Gasteiger partial charge is 0.494 e. The number of amides is 1. The van der Waals surface area contributed by atoms with Crippen molar-refractivity contribution in [2.45, 2.75) is 31.7 Å². The number of nitrogens with zero attached hydrogens (tertiary/aromatic N) is 2. The second-order valence-electron chi connectivity index (χ2n) is 6.36. The van der Waals surface area contributed by atoms with Crippen molar-refractivity contribution >= 4 is 11.6 Å². The van der Waals surface area contributed by atoms with Gasteiger partial charge in [0.05, 0.1) is 25.2 Å². The summed E-state index contributed by atoms with van der Waals surface area (Å²) in [5.41, 5.74) is -2.50. The van der Waals surface area contributed by atoms with Gasteiger partial charge in [-0.3, -0.25) is 4.79 Å². The van der Waals surface area contributed by atoms with E-state index in [0.717, 1.165) is 0 Å². The normalized spacial score (nSPS) is 19.5. The number of hydrazone groups is 1. The van der Waals surface area contributed by atoms with Crippen LogP contribution in [0.5, 0.6) is 5.75 Å². The Morgan fingerprint density at radius 2 is 1.82 bits per heavy atom. The third-order valence-electron chi connectivity index (χ3n) is 4.37. The first-order valence-corrected chi connectivity index (χ1v) is 8.71. The number of benzene rings is 2. The average Bonchev–Trinajstić information content (AvgIpc) is 3.02. The molecule has 0 bridgehead atoms. The smallest absolute Gasteiger partial charge is 0.438 e. The highest BCUT2D eigenvalue weighted by Gasteiger charge is 2.63. The summed E-state index contributed by atoms with van der Waals surface area (Å²) in [6, 6.07) is 14.6. The van der Waals surface area contributed by atoms with Gasteiger partial charge in [0.25, 0.3) is 5.72 Å². The van der Waals surface area contributed by atoms with Gasteiger partial charge in [0.2, 0.25) is 5.91 Å². The van der Waals surface area contributed by atoms with E-state index in [1.54, 1.807) is 54.6 Å². The van der Waals surface area contributed by atoms with E-state index in [-0.39, 0.29) is 17.1 Å². The fourth-order valence-corrected chi connectivity index (χ4v) is 2.94. The fourth-order valence-electron chi connectivity index (χ4n) is 2.94. The molecule has 0 aromatic heterocycles. The molecule has 2 aromatic carbocycles. The number of aliphatic hydroxyl groups is 1. The van der Waals surface area contributed by atoms with Crippen LogP contribution in [-0.4, -0.2) is 40.2 Å². The zero-order valence-electron chi connectivity index (χ0n) is 15.1. The van der Waals surface area contributed by atoms with Crippen LogP contribution in [0.4, 0.5) is 13.2 Å². The van der Waals surface area contributed by atoms with E-state index >= 15 is 0 Å². The van der Waals surface area contributed by atoms with Gasteiger partial charge in [0.15, 0.2) is 0 Å². The summed E-state index contributed by atoms with van der Waals surface area (Å²) in [6.45, 7) is 2.27. The van der Waals surface area contributed by atoms with Gasteiger partial charge in [-0.1, -0.05) is 30.3 Å². The van der Waals surface area contributed by atoms with Crippen molar-refractivity contribution in [3.05, 3.63) is 65.7 Å². The second-order valence-corrected chi connectivity index (χ2v) is 6.36. The molecule has 5 nitrogen and oxygen atoms in total. The highest BCUT2D eigenvalue weighted by atomic mass is 19.4. The van der Waals surface area contributed by atoms with Crippen molar-refractivity contribution in [3.63, 3.8) is 0 Å². The van der Waals surface area contributed by atoms with Crippen LogP contribution in [0, 0.1) is 0 Å². The van der Waals surface area contributed by atoms with Gasteiger partial charge in [0, 0.05) is 0 Å². The Morgan fingerprint density at radius 1 is 1.18 bits per heavy atom. The summed E-state index contributed by atoms with van der Waals surface area (Å²) in [5.74, 6) is -0.375. The van der Waals surface area contributed by atoms with Crippen LogP contribution in [0.3, 0.4) is 0 Å². The molecule has 28 heavy (non-hydrogen) atoms. The number of carbonyl (C=O) groups excluding carboxylic acids is 1. The summed E-state index contributed by atoms with van der Waals surface area (Å²) >= 11 is 0. The Hall–Kier alpha value is -2.87. The number of halogens is 3. The molecule has 1 heterocycles. The lowest BCUT2D eigenvalue weighted by Crippen LogP contribution is -2.57. The molecule has 8 heteroatoms. The van der Waals surface area contributed by atoms with Crippen molar-refractivity contribution < 1.29 is 27.8 Å². The molecule has 0 radical (unpaired) electrons.